The van der Waals surface area contributed by atoms with Gasteiger partial charge in [0.2, 0.25) is 0 Å². The first-order valence-electron chi connectivity index (χ1n) is 10.1. The van der Waals surface area contributed by atoms with Gasteiger partial charge >= 0.3 is 5.97 Å². The van der Waals surface area contributed by atoms with E-state index in [9.17, 15) is 34.7 Å². The number of carbonyl (C=O) groups is 3. The highest BCUT2D eigenvalue weighted by molar-refractivity contribution is 6.51. The highest BCUT2D eigenvalue weighted by Crippen LogP contribution is 2.43. The number of ketones is 1. The quantitative estimate of drug-likeness (QED) is 0.192. The van der Waals surface area contributed by atoms with Crippen molar-refractivity contribution < 1.29 is 29.5 Å². The van der Waals surface area contributed by atoms with Crippen LogP contribution in [0.25, 0.3) is 5.76 Å². The Morgan fingerprint density at radius 2 is 1.62 bits per heavy atom. The number of rotatable bonds is 5. The van der Waals surface area contributed by atoms with Gasteiger partial charge in [0.25, 0.3) is 17.4 Å². The third-order valence-electron chi connectivity index (χ3n) is 5.54. The van der Waals surface area contributed by atoms with E-state index in [-0.39, 0.29) is 28.1 Å². The summed E-state index contributed by atoms with van der Waals surface area (Å²) in [5.74, 6) is -3.65. The molecule has 0 unspecified atom stereocenters. The summed E-state index contributed by atoms with van der Waals surface area (Å²) in [5, 5.41) is 31.8. The molecule has 1 fully saturated rings. The summed E-state index contributed by atoms with van der Waals surface area (Å²) in [6.07, 6.45) is 0. The predicted molar refractivity (Wildman–Crippen MR) is 122 cm³/mol. The molecule has 1 atom stereocenters. The number of hydrogen-bond acceptors (Lipinski definition) is 6. The van der Waals surface area contributed by atoms with Gasteiger partial charge in [-0.1, -0.05) is 48.0 Å². The molecule has 0 bridgehead atoms. The van der Waals surface area contributed by atoms with Crippen molar-refractivity contribution in [2.75, 3.05) is 4.90 Å². The van der Waals surface area contributed by atoms with Gasteiger partial charge in [0.1, 0.15) is 5.76 Å². The van der Waals surface area contributed by atoms with Crippen LogP contribution in [0, 0.1) is 17.0 Å². The number of carboxylic acid groups (broad SMARTS) is 1. The molecule has 0 radical (unpaired) electrons. The van der Waals surface area contributed by atoms with E-state index in [0.717, 1.165) is 10.5 Å². The second-order valence-corrected chi connectivity index (χ2v) is 7.74. The molecule has 0 spiro atoms. The fourth-order valence-electron chi connectivity index (χ4n) is 3.88. The number of nitro benzene ring substituents is 1. The molecule has 1 saturated heterocycles. The van der Waals surface area contributed by atoms with Crippen LogP contribution in [0.4, 0.5) is 11.4 Å². The van der Waals surface area contributed by atoms with Gasteiger partial charge in [0, 0.05) is 23.4 Å². The molecule has 0 aliphatic carbocycles. The van der Waals surface area contributed by atoms with E-state index in [2.05, 4.69) is 0 Å². The van der Waals surface area contributed by atoms with Crippen LogP contribution < -0.4 is 4.90 Å². The van der Waals surface area contributed by atoms with E-state index < -0.39 is 34.4 Å². The number of carboxylic acids is 1. The lowest BCUT2D eigenvalue weighted by atomic mass is 9.94. The molecule has 9 heteroatoms. The number of nitrogens with zero attached hydrogens (tertiary/aromatic N) is 2. The molecule has 1 heterocycles. The average Bonchev–Trinajstić information content (AvgIpc) is 3.09. The molecule has 34 heavy (non-hydrogen) atoms. The summed E-state index contributed by atoms with van der Waals surface area (Å²) in [6.45, 7) is 1.85. The number of nitro groups is 1. The van der Waals surface area contributed by atoms with Gasteiger partial charge < -0.3 is 10.2 Å². The van der Waals surface area contributed by atoms with E-state index in [1.54, 1.807) is 24.3 Å². The number of aryl methyl sites for hydroxylation is 1. The summed E-state index contributed by atoms with van der Waals surface area (Å²) >= 11 is 0. The first kappa shape index (κ1) is 22.4. The van der Waals surface area contributed by atoms with Crippen molar-refractivity contribution in [1.29, 1.82) is 0 Å². The molecule has 0 aromatic heterocycles. The van der Waals surface area contributed by atoms with Gasteiger partial charge in [-0.3, -0.25) is 24.6 Å². The summed E-state index contributed by atoms with van der Waals surface area (Å²) in [4.78, 5) is 49.6. The molecule has 3 aromatic rings. The van der Waals surface area contributed by atoms with Crippen molar-refractivity contribution in [2.45, 2.75) is 13.0 Å². The topological polar surface area (TPSA) is 138 Å². The minimum absolute atomic E-state index is 0.0986. The molecule has 3 aromatic carbocycles. The van der Waals surface area contributed by atoms with E-state index in [0.29, 0.717) is 5.56 Å². The number of anilines is 1. The Bertz CT molecular complexity index is 1380. The molecule has 1 aliphatic rings. The van der Waals surface area contributed by atoms with Crippen LogP contribution in [0.1, 0.15) is 33.1 Å². The van der Waals surface area contributed by atoms with Crippen LogP contribution in [0.2, 0.25) is 0 Å². The third kappa shape index (κ3) is 3.90. The first-order valence-corrected chi connectivity index (χ1v) is 10.1. The lowest BCUT2D eigenvalue weighted by Crippen LogP contribution is -2.29. The summed E-state index contributed by atoms with van der Waals surface area (Å²) in [6, 6.07) is 16.2. The SMILES string of the molecule is Cc1ccc(C(O)=C2C(=O)C(=O)N(c3cccc(C(=O)O)c3)[C@H]2c2cccc([N+](=O)[O-])c2)cc1. The fourth-order valence-corrected chi connectivity index (χ4v) is 3.88. The zero-order valence-corrected chi connectivity index (χ0v) is 17.8. The van der Waals surface area contributed by atoms with Crippen LogP contribution in [0.5, 0.6) is 0 Å². The minimum Gasteiger partial charge on any atom is -0.507 e. The number of non-ortho nitro benzene ring substituents is 1. The Labute approximate surface area is 193 Å². The molecular weight excluding hydrogens is 440 g/mol. The maximum absolute atomic E-state index is 13.1. The smallest absolute Gasteiger partial charge is 0.335 e. The molecule has 2 N–H and O–H groups in total. The molecule has 170 valence electrons. The van der Waals surface area contributed by atoms with Gasteiger partial charge in [0.15, 0.2) is 0 Å². The standard InChI is InChI=1S/C25H18N2O7/c1-14-8-10-15(11-9-14)22(28)20-21(16-4-2-7-19(12-16)27(33)34)26(24(30)23(20)29)18-6-3-5-17(13-18)25(31)32/h2-13,21,28H,1H3,(H,31,32)/t21-/m0/s1. The molecule has 1 aliphatic heterocycles. The summed E-state index contributed by atoms with van der Waals surface area (Å²) < 4.78 is 0. The second-order valence-electron chi connectivity index (χ2n) is 7.74. The largest absolute Gasteiger partial charge is 0.507 e. The highest BCUT2D eigenvalue weighted by atomic mass is 16.6. The number of aromatic carboxylic acids is 1. The monoisotopic (exact) mass is 458 g/mol. The van der Waals surface area contributed by atoms with Gasteiger partial charge in [0.05, 0.1) is 22.1 Å². The Morgan fingerprint density at radius 1 is 0.941 bits per heavy atom. The number of amides is 1. The van der Waals surface area contributed by atoms with Crippen LogP contribution in [-0.2, 0) is 9.59 Å². The van der Waals surface area contributed by atoms with Crippen molar-refractivity contribution in [1.82, 2.24) is 0 Å². The van der Waals surface area contributed by atoms with Crippen LogP contribution >= 0.6 is 0 Å². The number of benzene rings is 3. The van der Waals surface area contributed by atoms with Crippen molar-refractivity contribution in [3.8, 4) is 0 Å². The van der Waals surface area contributed by atoms with Crippen molar-refractivity contribution in [3.63, 3.8) is 0 Å². The third-order valence-corrected chi connectivity index (χ3v) is 5.54. The lowest BCUT2D eigenvalue weighted by molar-refractivity contribution is -0.384. The van der Waals surface area contributed by atoms with Crippen LogP contribution in [0.15, 0.2) is 78.4 Å². The zero-order valence-electron chi connectivity index (χ0n) is 17.8. The van der Waals surface area contributed by atoms with Gasteiger partial charge in [-0.2, -0.15) is 0 Å². The lowest BCUT2D eigenvalue weighted by Gasteiger charge is -2.25. The Morgan fingerprint density at radius 3 is 2.26 bits per heavy atom. The van der Waals surface area contributed by atoms with Crippen molar-refractivity contribution in [3.05, 3.63) is 111 Å². The molecule has 1 amide bonds. The average molecular weight is 458 g/mol. The van der Waals surface area contributed by atoms with Crippen LogP contribution in [0.3, 0.4) is 0 Å². The van der Waals surface area contributed by atoms with Gasteiger partial charge in [-0.15, -0.1) is 0 Å². The number of carbonyl (C=O) groups excluding carboxylic acids is 2. The number of aliphatic hydroxyl groups is 1. The predicted octanol–water partition coefficient (Wildman–Crippen LogP) is 4.23. The van der Waals surface area contributed by atoms with E-state index in [1.165, 1.54) is 48.5 Å². The molecule has 9 nitrogen and oxygen atoms in total. The normalized spacial score (nSPS) is 17.1. The van der Waals surface area contributed by atoms with Crippen molar-refractivity contribution in [2.24, 2.45) is 0 Å². The van der Waals surface area contributed by atoms with E-state index in [1.807, 2.05) is 6.92 Å². The van der Waals surface area contributed by atoms with Crippen LogP contribution in [-0.4, -0.2) is 32.8 Å². The number of hydrogen-bond donors (Lipinski definition) is 2. The number of aliphatic hydroxyl groups excluding tert-OH is 1. The molecular formula is C25H18N2O7. The highest BCUT2D eigenvalue weighted by Gasteiger charge is 2.47. The number of Topliss-reactive ketones (excluding diaryl/α,β-unsaturated/α-hetero) is 1. The maximum Gasteiger partial charge on any atom is 0.335 e. The first-order chi connectivity index (χ1) is 16.2. The zero-order chi connectivity index (χ0) is 24.6. The van der Waals surface area contributed by atoms with E-state index >= 15 is 0 Å². The summed E-state index contributed by atoms with van der Waals surface area (Å²) in [5.41, 5.74) is 0.879. The van der Waals surface area contributed by atoms with Gasteiger partial charge in [-0.25, -0.2) is 4.79 Å². The minimum atomic E-state index is -1.23. The van der Waals surface area contributed by atoms with Crippen molar-refractivity contribution >= 4 is 34.8 Å². The Hall–Kier alpha value is -4.79. The van der Waals surface area contributed by atoms with Gasteiger partial charge in [-0.05, 0) is 30.7 Å². The molecule has 4 rings (SSSR count). The Balaban J connectivity index is 1.98. The maximum atomic E-state index is 13.1. The van der Waals surface area contributed by atoms with E-state index in [4.69, 9.17) is 0 Å². The molecule has 0 saturated carbocycles. The Kier molecular flexibility index (Phi) is 5.68. The fraction of sp³-hybridized carbons (Fsp3) is 0.0800. The second kappa shape index (κ2) is 8.62. The summed E-state index contributed by atoms with van der Waals surface area (Å²) in [7, 11) is 0.